The van der Waals surface area contributed by atoms with Gasteiger partial charge in [0.15, 0.2) is 0 Å². The van der Waals surface area contributed by atoms with E-state index in [0.717, 1.165) is 23.5 Å². The lowest BCUT2D eigenvalue weighted by Crippen LogP contribution is -2.13. The number of benzene rings is 6. The number of amides is 2. The number of carbonyl (C=O) groups is 4. The normalized spacial score (nSPS) is 10.8. The van der Waals surface area contributed by atoms with Crippen molar-refractivity contribution >= 4 is 58.3 Å². The molecule has 0 unspecified atom stereocenters. The van der Waals surface area contributed by atoms with Crippen molar-refractivity contribution in [2.45, 2.75) is 40.9 Å². The predicted octanol–water partition coefficient (Wildman–Crippen LogP) is 13.3. The number of aromatic nitrogens is 2. The first-order chi connectivity index (χ1) is 34.8. The van der Waals surface area contributed by atoms with Gasteiger partial charge in [-0.3, -0.25) is 9.59 Å². The number of rotatable bonds is 14. The molecule has 0 aliphatic rings. The zero-order valence-electron chi connectivity index (χ0n) is 39.6. The second-order valence-corrected chi connectivity index (χ2v) is 17.1. The molecule has 0 fully saturated rings. The topological polar surface area (TPSA) is 150 Å². The number of halogens is 6. The van der Waals surface area contributed by atoms with Gasteiger partial charge in [-0.1, -0.05) is 35.3 Å². The molecule has 2 aromatic heterocycles. The third-order valence-corrected chi connectivity index (χ3v) is 11.7. The molecule has 0 saturated carbocycles. The number of esters is 1. The smallest absolute Gasteiger partial charge is 0.340 e. The molecule has 6 aromatic carbocycles. The Hall–Kier alpha value is -8.34. The Labute approximate surface area is 426 Å². The van der Waals surface area contributed by atoms with Gasteiger partial charge in [0.25, 0.3) is 0 Å². The van der Waals surface area contributed by atoms with Crippen LogP contribution in [0.5, 0.6) is 11.5 Å². The largest absolute Gasteiger partial charge is 0.488 e. The third kappa shape index (κ3) is 12.1. The predicted molar refractivity (Wildman–Crippen MR) is 270 cm³/mol. The number of aromatic carboxylic acids is 1. The van der Waals surface area contributed by atoms with Crippen LogP contribution in [-0.2, 0) is 27.5 Å². The molecule has 12 nitrogen and oxygen atoms in total. The van der Waals surface area contributed by atoms with E-state index in [-0.39, 0.29) is 47.1 Å². The number of anilines is 2. The van der Waals surface area contributed by atoms with E-state index in [1.165, 1.54) is 57.4 Å². The van der Waals surface area contributed by atoms with Crippen LogP contribution >= 0.6 is 23.2 Å². The monoisotopic (exact) mass is 1030 g/mol. The van der Waals surface area contributed by atoms with Gasteiger partial charge in [0.2, 0.25) is 11.8 Å². The van der Waals surface area contributed by atoms with Crippen molar-refractivity contribution in [2.24, 2.45) is 0 Å². The minimum atomic E-state index is -1.20. The van der Waals surface area contributed by atoms with Crippen molar-refractivity contribution in [3.05, 3.63) is 200 Å². The SMILES string of the molecule is CC(=O)Nc1ccc(-n2c(C)ccc2-c2cc(Cl)ccc2OCc2c(F)cccc2F)cc1C(=O)O.COC(=O)c1cc(-n2c(C)ccc2-c2cc(Cl)ccc2OCc2c(F)cccc2F)ccc1NC(C)=O. The van der Waals surface area contributed by atoms with Gasteiger partial charge in [-0.2, -0.15) is 0 Å². The molecular weight excluding hydrogens is 992 g/mol. The standard InChI is InChI=1S/C28H23ClF2N2O4.C27H21ClF2N2O4/c1-16-7-11-26(33(16)19-9-10-25(32-17(2)34)20(14-19)28(35)36-3)21-13-18(29)8-12-27(21)37-15-22-23(30)5-4-6-24(22)31;1-15-6-10-25(32(15)18-8-9-24(31-16(2)33)19(13-18)27(34)35)20-12-17(28)7-11-26(20)36-14-21-22(29)4-3-5-23(21)30/h4-14H,15H2,1-3H3,(H,32,34);3-13H,14H2,1-2H3,(H,31,33)(H,34,35). The average molecular weight is 1040 g/mol. The fraction of sp³-hybridized carbons (Fsp3) is 0.127. The molecule has 0 bridgehead atoms. The molecule has 0 radical (unpaired) electrons. The molecule has 2 amide bonds. The van der Waals surface area contributed by atoms with Crippen LogP contribution in [0.1, 0.15) is 57.1 Å². The van der Waals surface area contributed by atoms with Gasteiger partial charge < -0.3 is 39.1 Å². The molecule has 0 spiro atoms. The van der Waals surface area contributed by atoms with E-state index in [1.54, 1.807) is 71.3 Å². The summed E-state index contributed by atoms with van der Waals surface area (Å²) in [6, 6.07) is 34.0. The number of carbonyl (C=O) groups excluding carboxylic acids is 3. The van der Waals surface area contributed by atoms with Crippen molar-refractivity contribution in [3.63, 3.8) is 0 Å². The quantitative estimate of drug-likeness (QED) is 0.0720. The second-order valence-electron chi connectivity index (χ2n) is 16.3. The van der Waals surface area contributed by atoms with Crippen molar-refractivity contribution in [1.82, 2.24) is 9.13 Å². The average Bonchev–Trinajstić information content (AvgIpc) is 3.93. The van der Waals surface area contributed by atoms with Crippen LogP contribution in [0, 0.1) is 37.1 Å². The lowest BCUT2D eigenvalue weighted by atomic mass is 10.1. The molecule has 73 heavy (non-hydrogen) atoms. The van der Waals surface area contributed by atoms with E-state index in [4.69, 9.17) is 37.4 Å². The molecule has 374 valence electrons. The summed E-state index contributed by atoms with van der Waals surface area (Å²) in [5.74, 6) is -4.70. The number of hydrogen-bond acceptors (Lipinski definition) is 7. The number of methoxy groups -OCH3 is 1. The fourth-order valence-electron chi connectivity index (χ4n) is 7.88. The zero-order valence-corrected chi connectivity index (χ0v) is 41.1. The van der Waals surface area contributed by atoms with Crippen molar-refractivity contribution < 1.29 is 56.1 Å². The molecule has 0 aliphatic carbocycles. The first-order valence-electron chi connectivity index (χ1n) is 22.1. The van der Waals surface area contributed by atoms with Crippen LogP contribution in [0.2, 0.25) is 10.0 Å². The Kier molecular flexibility index (Phi) is 16.4. The van der Waals surface area contributed by atoms with E-state index in [2.05, 4.69) is 10.6 Å². The van der Waals surface area contributed by atoms with Crippen molar-refractivity contribution in [2.75, 3.05) is 17.7 Å². The maximum atomic E-state index is 14.2. The first-order valence-corrected chi connectivity index (χ1v) is 22.8. The highest BCUT2D eigenvalue weighted by molar-refractivity contribution is 6.31. The lowest BCUT2D eigenvalue weighted by molar-refractivity contribution is -0.115. The number of hydrogen-bond donors (Lipinski definition) is 3. The van der Waals surface area contributed by atoms with Crippen LogP contribution in [0.4, 0.5) is 28.9 Å². The Morgan fingerprint density at radius 3 is 1.33 bits per heavy atom. The summed E-state index contributed by atoms with van der Waals surface area (Å²) in [4.78, 5) is 47.5. The van der Waals surface area contributed by atoms with Gasteiger partial charge in [-0.25, -0.2) is 27.2 Å². The minimum absolute atomic E-state index is 0.0839. The van der Waals surface area contributed by atoms with Gasteiger partial charge >= 0.3 is 11.9 Å². The molecule has 8 aromatic rings. The number of aryl methyl sites for hydroxylation is 2. The Balaban J connectivity index is 0.000000214. The highest BCUT2D eigenvalue weighted by Gasteiger charge is 2.22. The summed E-state index contributed by atoms with van der Waals surface area (Å²) in [5.41, 5.74) is 5.29. The molecule has 8 rings (SSSR count). The van der Waals surface area contributed by atoms with Gasteiger partial charge in [-0.15, -0.1) is 0 Å². The maximum Gasteiger partial charge on any atom is 0.340 e. The molecule has 0 atom stereocenters. The van der Waals surface area contributed by atoms with Crippen LogP contribution in [0.25, 0.3) is 33.9 Å². The fourth-order valence-corrected chi connectivity index (χ4v) is 8.22. The number of nitrogens with zero attached hydrogens (tertiary/aromatic N) is 2. The summed E-state index contributed by atoms with van der Waals surface area (Å²) < 4.78 is 76.8. The number of carboxylic acids is 1. The lowest BCUT2D eigenvalue weighted by Gasteiger charge is -2.18. The second kappa shape index (κ2) is 22.8. The zero-order chi connectivity index (χ0) is 52.7. The van der Waals surface area contributed by atoms with E-state index < -0.39 is 41.1 Å². The number of nitrogens with one attached hydrogen (secondary N) is 2. The van der Waals surface area contributed by atoms with E-state index >= 15 is 0 Å². The number of carboxylic acid groups (broad SMARTS) is 1. The van der Waals surface area contributed by atoms with Crippen LogP contribution < -0.4 is 20.1 Å². The molecular formula is C55H44Cl2F4N4O8. The van der Waals surface area contributed by atoms with Crippen molar-refractivity contribution in [1.29, 1.82) is 0 Å². The maximum absolute atomic E-state index is 14.2. The Morgan fingerprint density at radius 1 is 0.548 bits per heavy atom. The van der Waals surface area contributed by atoms with Gasteiger partial charge in [0, 0.05) is 57.8 Å². The Bertz CT molecular complexity index is 3390. The van der Waals surface area contributed by atoms with Gasteiger partial charge in [0.1, 0.15) is 48.0 Å². The summed E-state index contributed by atoms with van der Waals surface area (Å²) >= 11 is 12.6. The van der Waals surface area contributed by atoms with Crippen LogP contribution in [-0.4, -0.2) is 45.1 Å². The molecule has 0 aliphatic heterocycles. The van der Waals surface area contributed by atoms with Crippen molar-refractivity contribution in [3.8, 4) is 45.4 Å². The van der Waals surface area contributed by atoms with Crippen LogP contribution in [0.3, 0.4) is 0 Å². The third-order valence-electron chi connectivity index (χ3n) is 11.2. The van der Waals surface area contributed by atoms with Crippen LogP contribution in [0.15, 0.2) is 133 Å². The summed E-state index contributed by atoms with van der Waals surface area (Å²) in [6.45, 7) is 5.68. The molecule has 2 heterocycles. The Morgan fingerprint density at radius 2 is 0.945 bits per heavy atom. The van der Waals surface area contributed by atoms with E-state index in [9.17, 15) is 41.8 Å². The molecule has 18 heteroatoms. The van der Waals surface area contributed by atoms with Gasteiger partial charge in [0.05, 0.1) is 52.1 Å². The first kappa shape index (κ1) is 52.5. The van der Waals surface area contributed by atoms with E-state index in [1.807, 2.05) is 36.6 Å². The highest BCUT2D eigenvalue weighted by atomic mass is 35.5. The van der Waals surface area contributed by atoms with E-state index in [0.29, 0.717) is 61.1 Å². The number of ether oxygens (including phenoxy) is 3. The highest BCUT2D eigenvalue weighted by Crippen LogP contribution is 2.39. The summed E-state index contributed by atoms with van der Waals surface area (Å²) in [7, 11) is 1.26. The summed E-state index contributed by atoms with van der Waals surface area (Å²) in [5, 5.41) is 15.7. The molecule has 3 N–H and O–H groups in total. The summed E-state index contributed by atoms with van der Waals surface area (Å²) in [6.07, 6.45) is 0. The minimum Gasteiger partial charge on any atom is -0.488 e. The molecule has 0 saturated heterocycles. The van der Waals surface area contributed by atoms with Gasteiger partial charge in [-0.05, 0) is 135 Å².